The van der Waals surface area contributed by atoms with E-state index in [1.54, 1.807) is 32.9 Å². The molecule has 1 aromatic carbocycles. The average Bonchev–Trinajstić information content (AvgIpc) is 3.52. The third-order valence-corrected chi connectivity index (χ3v) is 10.9. The van der Waals surface area contributed by atoms with Gasteiger partial charge in [0.15, 0.2) is 0 Å². The van der Waals surface area contributed by atoms with Gasteiger partial charge in [-0.1, -0.05) is 78.3 Å². The molecule has 356 valence electrons. The quantitative estimate of drug-likeness (QED) is 0.0459. The van der Waals surface area contributed by atoms with E-state index in [2.05, 4.69) is 37.2 Å². The Morgan fingerprint density at radius 1 is 0.683 bits per heavy atom. The van der Waals surface area contributed by atoms with Crippen molar-refractivity contribution >= 4 is 41.5 Å². The lowest BCUT2D eigenvalue weighted by Gasteiger charge is -2.29. The molecule has 1 aliphatic rings. The van der Waals surface area contributed by atoms with Gasteiger partial charge >= 0.3 is 11.9 Å². The van der Waals surface area contributed by atoms with Crippen molar-refractivity contribution in [3.05, 3.63) is 35.9 Å². The normalized spacial score (nSPS) is 21.1. The molecule has 0 aromatic heterocycles. The molecule has 0 bridgehead atoms. The van der Waals surface area contributed by atoms with Gasteiger partial charge in [-0.25, -0.2) is 9.59 Å². The van der Waals surface area contributed by atoms with Gasteiger partial charge in [-0.2, -0.15) is 0 Å². The highest BCUT2D eigenvalue weighted by Crippen LogP contribution is 2.21. The van der Waals surface area contributed by atoms with Crippen LogP contribution in [0.15, 0.2) is 30.3 Å². The number of nitrogens with one attached hydrogen (secondary N) is 7. The molecule has 20 heteroatoms. The standard InChI is InChI=1S/C43H71N7O13/c1-11-24(6)34(43(60)62-10)49-41(58)35(26(8)51)50-40(57)29(17-22(2)3)47-39(56)28(18-27-15-13-12-14-16-27)45-20-31-37(54)36(53)30(63-31)19-44-25(7)38(55)46-21-32(52)48-33(23(4)5)42(59)61-9/h12-16,22-26,28-31,33-37,44-45,51,53-54H,11,17-21H2,1-10H3,(H,46,55)(H,47,56)(H,48,52)(H,49,58)(H,50,57)/t24-,25-,26+,28-,29-,30+,31-,33-,34-,35-,36+,37-/m0/s1. The molecule has 1 aliphatic heterocycles. The summed E-state index contributed by atoms with van der Waals surface area (Å²) in [6.07, 6.45) is -5.27. The van der Waals surface area contributed by atoms with Crippen LogP contribution >= 0.6 is 0 Å². The number of amides is 5. The molecular formula is C43H71N7O13. The zero-order chi connectivity index (χ0) is 47.6. The number of methoxy groups -OCH3 is 2. The molecule has 0 spiro atoms. The summed E-state index contributed by atoms with van der Waals surface area (Å²) in [5.74, 6) is -5.25. The fraction of sp³-hybridized carbons (Fsp3) is 0.698. The predicted octanol–water partition coefficient (Wildman–Crippen LogP) is -1.81. The highest BCUT2D eigenvalue weighted by Gasteiger charge is 2.43. The monoisotopic (exact) mass is 894 g/mol. The number of benzene rings is 1. The van der Waals surface area contributed by atoms with Crippen molar-refractivity contribution in [1.29, 1.82) is 0 Å². The molecule has 63 heavy (non-hydrogen) atoms. The van der Waals surface area contributed by atoms with E-state index in [9.17, 15) is 48.9 Å². The number of esters is 2. The van der Waals surface area contributed by atoms with Crippen molar-refractivity contribution in [2.45, 2.75) is 141 Å². The Hall–Kier alpha value is -4.73. The summed E-state index contributed by atoms with van der Waals surface area (Å²) >= 11 is 0. The second kappa shape index (κ2) is 26.8. The van der Waals surface area contributed by atoms with Crippen LogP contribution in [-0.2, 0) is 54.2 Å². The highest BCUT2D eigenvalue weighted by molar-refractivity contribution is 5.95. The maximum absolute atomic E-state index is 14.1. The summed E-state index contributed by atoms with van der Waals surface area (Å²) in [5, 5.41) is 51.4. The Kier molecular flexibility index (Phi) is 23.1. The summed E-state index contributed by atoms with van der Waals surface area (Å²) in [4.78, 5) is 90.8. The number of carbonyl (C=O) groups is 7. The third-order valence-electron chi connectivity index (χ3n) is 10.9. The first-order valence-electron chi connectivity index (χ1n) is 21.5. The van der Waals surface area contributed by atoms with Crippen molar-refractivity contribution in [1.82, 2.24) is 37.2 Å². The third kappa shape index (κ3) is 17.4. The smallest absolute Gasteiger partial charge is 0.328 e. The van der Waals surface area contributed by atoms with Crippen molar-refractivity contribution < 1.29 is 63.1 Å². The van der Waals surface area contributed by atoms with E-state index in [1.165, 1.54) is 28.1 Å². The Labute approximate surface area is 370 Å². The fourth-order valence-corrected chi connectivity index (χ4v) is 6.76. The molecule has 1 aromatic rings. The highest BCUT2D eigenvalue weighted by atomic mass is 16.5. The van der Waals surface area contributed by atoms with E-state index < -0.39 is 115 Å². The summed E-state index contributed by atoms with van der Waals surface area (Å²) in [6, 6.07) is 2.64. The number of carbonyl (C=O) groups excluding carboxylic acids is 7. The van der Waals surface area contributed by atoms with Crippen molar-refractivity contribution in [2.75, 3.05) is 33.9 Å². The fourth-order valence-electron chi connectivity index (χ4n) is 6.76. The number of rotatable bonds is 26. The molecule has 1 fully saturated rings. The SMILES string of the molecule is CC[C@H](C)[C@H](NC(=O)[C@@H](NC(=O)[C@H](CC(C)C)NC(=O)[C@H](Cc1ccccc1)NC[C@@H]1O[C@H](CN[C@@H](C)C(=O)NCC(=O)N[C@H](C(=O)OC)C(C)C)[C@@H](O)[C@H]1O)[C@@H](C)O)C(=O)OC. The number of ether oxygens (including phenoxy) is 3. The minimum atomic E-state index is -1.48. The van der Waals surface area contributed by atoms with Gasteiger partial charge in [0.25, 0.3) is 0 Å². The minimum Gasteiger partial charge on any atom is -0.467 e. The number of hydrogen-bond acceptors (Lipinski definition) is 15. The van der Waals surface area contributed by atoms with Gasteiger partial charge in [-0.15, -0.1) is 0 Å². The van der Waals surface area contributed by atoms with Gasteiger partial charge in [-0.05, 0) is 50.0 Å². The van der Waals surface area contributed by atoms with Gasteiger partial charge in [0, 0.05) is 13.1 Å². The Balaban J connectivity index is 2.14. The second-order valence-electron chi connectivity index (χ2n) is 16.8. The lowest BCUT2D eigenvalue weighted by atomic mass is 9.98. The predicted molar refractivity (Wildman–Crippen MR) is 230 cm³/mol. The molecule has 1 saturated heterocycles. The number of hydrogen-bond donors (Lipinski definition) is 10. The second-order valence-corrected chi connectivity index (χ2v) is 16.8. The molecule has 0 unspecified atom stereocenters. The lowest BCUT2D eigenvalue weighted by molar-refractivity contribution is -0.147. The van der Waals surface area contributed by atoms with Crippen LogP contribution in [-0.4, -0.2) is 157 Å². The largest absolute Gasteiger partial charge is 0.467 e. The van der Waals surface area contributed by atoms with Gasteiger partial charge < -0.3 is 66.7 Å². The lowest BCUT2D eigenvalue weighted by Crippen LogP contribution is -2.61. The zero-order valence-electron chi connectivity index (χ0n) is 38.1. The topological polar surface area (TPSA) is 292 Å². The van der Waals surface area contributed by atoms with E-state index in [0.29, 0.717) is 6.42 Å². The molecular weight excluding hydrogens is 823 g/mol. The molecule has 2 rings (SSSR count). The molecule has 20 nitrogen and oxygen atoms in total. The van der Waals surface area contributed by atoms with Gasteiger partial charge in [0.2, 0.25) is 29.5 Å². The summed E-state index contributed by atoms with van der Waals surface area (Å²) in [5.41, 5.74) is 0.769. The van der Waals surface area contributed by atoms with Gasteiger partial charge in [0.1, 0.15) is 36.4 Å². The first kappa shape index (κ1) is 54.4. The van der Waals surface area contributed by atoms with Crippen LogP contribution < -0.4 is 37.2 Å². The van der Waals surface area contributed by atoms with Crippen LogP contribution in [0.2, 0.25) is 0 Å². The maximum atomic E-state index is 14.1. The van der Waals surface area contributed by atoms with Crippen LogP contribution in [0.4, 0.5) is 0 Å². The molecule has 12 atom stereocenters. The van der Waals surface area contributed by atoms with Crippen molar-refractivity contribution in [3.8, 4) is 0 Å². The Morgan fingerprint density at radius 3 is 1.75 bits per heavy atom. The molecule has 0 radical (unpaired) electrons. The first-order chi connectivity index (χ1) is 29.6. The van der Waals surface area contributed by atoms with E-state index in [0.717, 1.165) is 5.56 Å². The summed E-state index contributed by atoms with van der Waals surface area (Å²) in [6.45, 7) is 13.0. The minimum absolute atomic E-state index is 0.0698. The first-order valence-corrected chi connectivity index (χ1v) is 21.5. The molecule has 0 aliphatic carbocycles. The Bertz CT molecular complexity index is 1650. The molecule has 1 heterocycles. The van der Waals surface area contributed by atoms with E-state index in [-0.39, 0.29) is 43.7 Å². The molecule has 5 amide bonds. The zero-order valence-corrected chi connectivity index (χ0v) is 38.1. The van der Waals surface area contributed by atoms with Crippen LogP contribution in [0.25, 0.3) is 0 Å². The number of aliphatic hydroxyl groups excluding tert-OH is 3. The van der Waals surface area contributed by atoms with Crippen LogP contribution in [0.5, 0.6) is 0 Å². The van der Waals surface area contributed by atoms with Gasteiger partial charge in [-0.3, -0.25) is 24.0 Å². The van der Waals surface area contributed by atoms with Crippen LogP contribution in [0.1, 0.15) is 73.8 Å². The molecule has 10 N–H and O–H groups in total. The Morgan fingerprint density at radius 2 is 1.22 bits per heavy atom. The molecule has 0 saturated carbocycles. The van der Waals surface area contributed by atoms with Crippen LogP contribution in [0, 0.1) is 17.8 Å². The van der Waals surface area contributed by atoms with E-state index >= 15 is 0 Å². The summed E-state index contributed by atoms with van der Waals surface area (Å²) in [7, 11) is 2.40. The van der Waals surface area contributed by atoms with Crippen molar-refractivity contribution in [2.24, 2.45) is 17.8 Å². The number of aliphatic hydroxyl groups is 3. The van der Waals surface area contributed by atoms with E-state index in [1.807, 2.05) is 39.0 Å². The van der Waals surface area contributed by atoms with E-state index in [4.69, 9.17) is 14.2 Å². The average molecular weight is 894 g/mol. The van der Waals surface area contributed by atoms with Crippen molar-refractivity contribution in [3.63, 3.8) is 0 Å². The van der Waals surface area contributed by atoms with Crippen LogP contribution in [0.3, 0.4) is 0 Å². The maximum Gasteiger partial charge on any atom is 0.328 e. The van der Waals surface area contributed by atoms with Gasteiger partial charge in [0.05, 0.1) is 51.2 Å². The summed E-state index contributed by atoms with van der Waals surface area (Å²) < 4.78 is 15.5.